The largest absolute Gasteiger partial charge is 0.288 e. The van der Waals surface area contributed by atoms with Gasteiger partial charge in [0, 0.05) is 5.50 Å². The van der Waals surface area contributed by atoms with Crippen LogP contribution in [0.1, 0.15) is 0 Å². The van der Waals surface area contributed by atoms with Crippen LogP contribution in [0.15, 0.2) is 0 Å². The molecule has 0 spiro atoms. The van der Waals surface area contributed by atoms with Crippen molar-refractivity contribution in [2.75, 3.05) is 5.50 Å². The van der Waals surface area contributed by atoms with Gasteiger partial charge in [-0.2, -0.15) is 0 Å². The number of hydrogen-bond donors (Lipinski definition) is 0. The third kappa shape index (κ3) is 5.09. The van der Waals surface area contributed by atoms with Crippen LogP contribution < -0.4 is 0 Å². The topological polar surface area (TPSA) is 0 Å². The van der Waals surface area contributed by atoms with Gasteiger partial charge in [0.1, 0.15) is 0 Å². The highest BCUT2D eigenvalue weighted by Crippen LogP contribution is 1.95. The molecule has 0 aliphatic carbocycles. The molecule has 0 heterocycles. The zero-order valence-electron chi connectivity index (χ0n) is 2.34. The summed E-state index contributed by atoms with van der Waals surface area (Å²) in [4.78, 5) is 0. The molecule has 0 amide bonds. The van der Waals surface area contributed by atoms with Gasteiger partial charge in [-0.25, -0.2) is 0 Å². The molecule has 31 valence electrons. The Hall–Kier alpha value is 1.09. The maximum atomic E-state index is 5.20. The molecule has 0 saturated heterocycles. The summed E-state index contributed by atoms with van der Waals surface area (Å²) in [5, 5.41) is 0. The second kappa shape index (κ2) is 3.28. The van der Waals surface area contributed by atoms with E-state index in [4.69, 9.17) is 33.8 Å². The molecule has 0 aromatic rings. The summed E-state index contributed by atoms with van der Waals surface area (Å²) in [6.45, 7) is 0. The van der Waals surface area contributed by atoms with Crippen molar-refractivity contribution in [3.8, 4) is 0 Å². The van der Waals surface area contributed by atoms with Crippen LogP contribution in [0.5, 0.6) is 0 Å². The smallest absolute Gasteiger partial charge is 0.145 e. The fourth-order valence-electron chi connectivity index (χ4n) is 0. The van der Waals surface area contributed by atoms with E-state index in [9.17, 15) is 0 Å². The highest BCUT2D eigenvalue weighted by molar-refractivity contribution is 7.35. The normalized spacial score (nSPS) is 9.60. The van der Waals surface area contributed by atoms with Crippen LogP contribution in [-0.4, -0.2) is 12.9 Å². The lowest BCUT2D eigenvalue weighted by atomic mass is 11.9. The highest BCUT2D eigenvalue weighted by Gasteiger charge is 1.95. The minimum absolute atomic E-state index is 0.410. The fourth-order valence-corrected chi connectivity index (χ4v) is 0. The first-order valence-corrected chi connectivity index (χ1v) is 5.26. The SMILES string of the molecule is ClC[Si](Cl)Cl. The van der Waals surface area contributed by atoms with Crippen molar-refractivity contribution >= 4 is 41.2 Å². The summed E-state index contributed by atoms with van der Waals surface area (Å²) >= 11 is 15.5. The average molecular weight is 148 g/mol. The van der Waals surface area contributed by atoms with Crippen LogP contribution in [-0.2, 0) is 0 Å². The number of halogens is 3. The Morgan fingerprint density at radius 1 is 1.40 bits per heavy atom. The molecule has 5 heavy (non-hydrogen) atoms. The van der Waals surface area contributed by atoms with Crippen molar-refractivity contribution in [2.45, 2.75) is 0 Å². The van der Waals surface area contributed by atoms with Crippen molar-refractivity contribution in [2.24, 2.45) is 0 Å². The second-order valence-electron chi connectivity index (χ2n) is 0.472. The molecule has 0 saturated carbocycles. The van der Waals surface area contributed by atoms with Crippen molar-refractivity contribution in [1.29, 1.82) is 0 Å². The van der Waals surface area contributed by atoms with Gasteiger partial charge in [-0.05, 0) is 0 Å². The molecule has 0 fully saturated rings. The molecule has 0 aromatic heterocycles. The van der Waals surface area contributed by atoms with E-state index in [1.54, 1.807) is 0 Å². The molecule has 1 radical (unpaired) electrons. The predicted octanol–water partition coefficient (Wildman–Crippen LogP) is 1.73. The molecule has 0 bridgehead atoms. The molecular weight excluding hydrogens is 146 g/mol. The molecule has 0 aliphatic heterocycles. The van der Waals surface area contributed by atoms with Crippen molar-refractivity contribution in [3.63, 3.8) is 0 Å². The molecule has 0 atom stereocenters. The Kier molecular flexibility index (Phi) is 4.00. The minimum atomic E-state index is -1.16. The van der Waals surface area contributed by atoms with Crippen LogP contribution in [0.4, 0.5) is 0 Å². The lowest BCUT2D eigenvalue weighted by Crippen LogP contribution is -1.91. The summed E-state index contributed by atoms with van der Waals surface area (Å²) in [5.41, 5.74) is 0.410. The summed E-state index contributed by atoms with van der Waals surface area (Å²) in [6.07, 6.45) is 0. The number of alkyl halides is 1. The van der Waals surface area contributed by atoms with E-state index in [0.717, 1.165) is 0 Å². The van der Waals surface area contributed by atoms with Gasteiger partial charge in [0.25, 0.3) is 7.42 Å². The molecule has 0 aromatic carbocycles. The third-order valence-electron chi connectivity index (χ3n) is 0.101. The van der Waals surface area contributed by atoms with Gasteiger partial charge in [0.05, 0.1) is 0 Å². The van der Waals surface area contributed by atoms with Crippen LogP contribution in [0.25, 0.3) is 0 Å². The van der Waals surface area contributed by atoms with Gasteiger partial charge in [-0.1, -0.05) is 0 Å². The molecule has 4 heteroatoms. The summed E-state index contributed by atoms with van der Waals surface area (Å²) in [7, 11) is -1.16. The van der Waals surface area contributed by atoms with E-state index in [1.807, 2.05) is 0 Å². The van der Waals surface area contributed by atoms with Crippen LogP contribution in [0, 0.1) is 0 Å². The quantitative estimate of drug-likeness (QED) is 0.302. The first-order valence-electron chi connectivity index (χ1n) is 0.999. The number of rotatable bonds is 1. The molecule has 0 aliphatic rings. The zero-order valence-corrected chi connectivity index (χ0v) is 5.61. The third-order valence-corrected chi connectivity index (χ3v) is 2.73. The Morgan fingerprint density at radius 3 is 1.60 bits per heavy atom. The maximum Gasteiger partial charge on any atom is 0.288 e. The summed E-state index contributed by atoms with van der Waals surface area (Å²) in [5.74, 6) is 0. The monoisotopic (exact) mass is 147 g/mol. The Morgan fingerprint density at radius 2 is 1.60 bits per heavy atom. The highest BCUT2D eigenvalue weighted by atomic mass is 35.7. The van der Waals surface area contributed by atoms with Gasteiger partial charge in [-0.15, -0.1) is 33.8 Å². The minimum Gasteiger partial charge on any atom is -0.145 e. The maximum absolute atomic E-state index is 5.20. The molecule has 0 nitrogen and oxygen atoms in total. The van der Waals surface area contributed by atoms with Crippen LogP contribution in [0.2, 0.25) is 0 Å². The fraction of sp³-hybridized carbons (Fsp3) is 1.00. The molecular formula is CH2Cl3Si. The van der Waals surface area contributed by atoms with Crippen LogP contribution >= 0.6 is 33.8 Å². The van der Waals surface area contributed by atoms with Gasteiger partial charge in [0.15, 0.2) is 0 Å². The first kappa shape index (κ1) is 6.09. The summed E-state index contributed by atoms with van der Waals surface area (Å²) in [6, 6.07) is 0. The standard InChI is InChI=1S/CH2Cl3Si/c2-1-5(3)4/h1H2. The van der Waals surface area contributed by atoms with Crippen molar-refractivity contribution in [3.05, 3.63) is 0 Å². The zero-order chi connectivity index (χ0) is 4.28. The van der Waals surface area contributed by atoms with Gasteiger partial charge in [0.2, 0.25) is 0 Å². The average Bonchev–Trinajstić information content (AvgIpc) is 1.38. The van der Waals surface area contributed by atoms with E-state index >= 15 is 0 Å². The van der Waals surface area contributed by atoms with Crippen molar-refractivity contribution < 1.29 is 0 Å². The van der Waals surface area contributed by atoms with E-state index < -0.39 is 7.42 Å². The van der Waals surface area contributed by atoms with Crippen LogP contribution in [0.3, 0.4) is 0 Å². The lowest BCUT2D eigenvalue weighted by Gasteiger charge is -1.77. The van der Waals surface area contributed by atoms with E-state index in [1.165, 1.54) is 0 Å². The van der Waals surface area contributed by atoms with E-state index in [-0.39, 0.29) is 0 Å². The Bertz CT molecular complexity index is 20.9. The molecule has 0 unspecified atom stereocenters. The number of hydrogen-bond acceptors (Lipinski definition) is 0. The van der Waals surface area contributed by atoms with E-state index in [0.29, 0.717) is 5.50 Å². The Balaban J connectivity index is 2.54. The lowest BCUT2D eigenvalue weighted by molar-refractivity contribution is 2.16. The summed E-state index contributed by atoms with van der Waals surface area (Å²) < 4.78 is 0. The molecule has 0 N–H and O–H groups in total. The second-order valence-corrected chi connectivity index (χ2v) is 5.54. The first-order chi connectivity index (χ1) is 2.27. The van der Waals surface area contributed by atoms with Gasteiger partial charge in [-0.3, -0.25) is 0 Å². The van der Waals surface area contributed by atoms with Crippen molar-refractivity contribution in [1.82, 2.24) is 0 Å². The molecule has 0 rings (SSSR count). The van der Waals surface area contributed by atoms with Gasteiger partial charge >= 0.3 is 0 Å². The Labute approximate surface area is 47.0 Å². The van der Waals surface area contributed by atoms with E-state index in [2.05, 4.69) is 0 Å². The predicted molar refractivity (Wildman–Crippen MR) is 28.2 cm³/mol. The van der Waals surface area contributed by atoms with Gasteiger partial charge < -0.3 is 0 Å².